The molecule has 0 saturated heterocycles. The Balaban J connectivity index is 1.93. The summed E-state index contributed by atoms with van der Waals surface area (Å²) in [6, 6.07) is 8.45. The van der Waals surface area contributed by atoms with Gasteiger partial charge in [0.25, 0.3) is 5.91 Å². The topological polar surface area (TPSA) is 94.2 Å². The van der Waals surface area contributed by atoms with Crippen molar-refractivity contribution in [2.75, 3.05) is 5.32 Å². The number of nitrogens with one attached hydrogen (secondary N) is 1. The number of nitrogens with zero attached hydrogens (tertiary/aromatic N) is 1. The van der Waals surface area contributed by atoms with Gasteiger partial charge in [-0.05, 0) is 36.4 Å². The molecule has 0 atom stereocenters. The summed E-state index contributed by atoms with van der Waals surface area (Å²) < 4.78 is 51.0. The van der Waals surface area contributed by atoms with Crippen molar-refractivity contribution >= 4 is 32.5 Å². The molecule has 3 rings (SSSR count). The van der Waals surface area contributed by atoms with Gasteiger partial charge >= 0.3 is 0 Å². The highest BCUT2D eigenvalue weighted by Gasteiger charge is 2.17. The maximum atomic E-state index is 13.8. The van der Waals surface area contributed by atoms with Gasteiger partial charge < -0.3 is 9.88 Å². The van der Waals surface area contributed by atoms with Crippen molar-refractivity contribution in [3.05, 3.63) is 59.8 Å². The number of benzene rings is 2. The largest absolute Gasteiger partial charge is 0.339 e. The number of rotatable bonds is 3. The average Bonchev–Trinajstić information content (AvgIpc) is 2.85. The molecule has 0 fully saturated rings. The molecule has 1 aromatic heterocycles. The summed E-state index contributed by atoms with van der Waals surface area (Å²) in [5, 5.41) is 7.69. The summed E-state index contributed by atoms with van der Waals surface area (Å²) in [6.07, 6.45) is 0. The number of carbonyl (C=O) groups is 1. The highest BCUT2D eigenvalue weighted by atomic mass is 32.2. The molecule has 3 aromatic rings. The molecule has 2 aromatic carbocycles. The van der Waals surface area contributed by atoms with Crippen molar-refractivity contribution in [2.45, 2.75) is 4.90 Å². The Hall–Kier alpha value is -2.78. The van der Waals surface area contributed by atoms with Crippen LogP contribution in [0.4, 0.5) is 14.5 Å². The van der Waals surface area contributed by atoms with E-state index in [0.29, 0.717) is 5.69 Å². The minimum absolute atomic E-state index is 0.0901. The molecule has 1 heterocycles. The predicted octanol–water partition coefficient (Wildman–Crippen LogP) is 2.36. The zero-order chi connectivity index (χ0) is 18.4. The number of carbonyl (C=O) groups excluding carboxylic acids is 1. The second-order valence-corrected chi connectivity index (χ2v) is 6.99. The van der Waals surface area contributed by atoms with Crippen molar-refractivity contribution in [1.82, 2.24) is 4.57 Å². The number of fused-ring (bicyclic) bond motifs is 1. The molecule has 0 aliphatic rings. The fraction of sp³-hybridized carbons (Fsp3) is 0.0625. The second kappa shape index (κ2) is 5.94. The predicted molar refractivity (Wildman–Crippen MR) is 88.6 cm³/mol. The lowest BCUT2D eigenvalue weighted by atomic mass is 10.2. The molecule has 9 heteroatoms. The molecule has 0 aliphatic carbocycles. The SMILES string of the molecule is Cn1c(C(=O)Nc2ccc(S(N)(=O)=O)cc2)cc2c(F)cc(F)cc21. The van der Waals surface area contributed by atoms with Crippen LogP contribution in [0.2, 0.25) is 0 Å². The first kappa shape index (κ1) is 17.1. The van der Waals surface area contributed by atoms with E-state index in [4.69, 9.17) is 5.14 Å². The smallest absolute Gasteiger partial charge is 0.272 e. The third-order valence-electron chi connectivity index (χ3n) is 3.75. The van der Waals surface area contributed by atoms with Crippen LogP contribution in [0.15, 0.2) is 47.4 Å². The van der Waals surface area contributed by atoms with Crippen LogP contribution < -0.4 is 10.5 Å². The Kier molecular flexibility index (Phi) is 4.05. The van der Waals surface area contributed by atoms with Gasteiger partial charge in [0.1, 0.15) is 17.3 Å². The van der Waals surface area contributed by atoms with Gasteiger partial charge in [-0.2, -0.15) is 0 Å². The highest BCUT2D eigenvalue weighted by molar-refractivity contribution is 7.89. The molecular weight excluding hydrogens is 352 g/mol. The van der Waals surface area contributed by atoms with Crippen molar-refractivity contribution in [2.24, 2.45) is 12.2 Å². The van der Waals surface area contributed by atoms with E-state index < -0.39 is 27.6 Å². The Morgan fingerprint density at radius 3 is 2.36 bits per heavy atom. The number of aromatic nitrogens is 1. The normalized spacial score (nSPS) is 11.7. The number of hydrogen-bond donors (Lipinski definition) is 2. The summed E-state index contributed by atoms with van der Waals surface area (Å²) in [6.45, 7) is 0. The van der Waals surface area contributed by atoms with Gasteiger partial charge in [-0.25, -0.2) is 22.3 Å². The lowest BCUT2D eigenvalue weighted by molar-refractivity contribution is 0.101. The van der Waals surface area contributed by atoms with E-state index in [1.165, 1.54) is 41.9 Å². The van der Waals surface area contributed by atoms with Crippen LogP contribution in [0, 0.1) is 11.6 Å². The molecule has 0 aliphatic heterocycles. The highest BCUT2D eigenvalue weighted by Crippen LogP contribution is 2.24. The van der Waals surface area contributed by atoms with E-state index in [1.54, 1.807) is 0 Å². The van der Waals surface area contributed by atoms with E-state index in [0.717, 1.165) is 12.1 Å². The van der Waals surface area contributed by atoms with Crippen molar-refractivity contribution < 1.29 is 22.0 Å². The number of anilines is 1. The Morgan fingerprint density at radius 1 is 1.12 bits per heavy atom. The van der Waals surface area contributed by atoms with Gasteiger partial charge in [-0.1, -0.05) is 0 Å². The number of sulfonamides is 1. The molecule has 3 N–H and O–H groups in total. The maximum absolute atomic E-state index is 13.8. The van der Waals surface area contributed by atoms with Gasteiger partial charge in [-0.3, -0.25) is 4.79 Å². The Morgan fingerprint density at radius 2 is 1.76 bits per heavy atom. The molecular formula is C16H13F2N3O3S. The molecule has 6 nitrogen and oxygen atoms in total. The molecule has 1 amide bonds. The molecule has 130 valence electrons. The van der Waals surface area contributed by atoms with Gasteiger partial charge in [0.2, 0.25) is 10.0 Å². The minimum atomic E-state index is -3.83. The molecule has 0 spiro atoms. The molecule has 0 unspecified atom stereocenters. The van der Waals surface area contributed by atoms with Gasteiger partial charge in [0.15, 0.2) is 0 Å². The lowest BCUT2D eigenvalue weighted by Crippen LogP contribution is -2.16. The van der Waals surface area contributed by atoms with E-state index in [9.17, 15) is 22.0 Å². The summed E-state index contributed by atoms with van der Waals surface area (Å²) >= 11 is 0. The monoisotopic (exact) mass is 365 g/mol. The van der Waals surface area contributed by atoms with Crippen molar-refractivity contribution in [3.63, 3.8) is 0 Å². The molecule has 0 saturated carbocycles. The zero-order valence-electron chi connectivity index (χ0n) is 13.0. The summed E-state index contributed by atoms with van der Waals surface area (Å²) in [5.41, 5.74) is 0.691. The van der Waals surface area contributed by atoms with Gasteiger partial charge in [0.05, 0.1) is 10.4 Å². The summed E-state index contributed by atoms with van der Waals surface area (Å²) in [4.78, 5) is 12.3. The maximum Gasteiger partial charge on any atom is 0.272 e. The number of amides is 1. The van der Waals surface area contributed by atoms with Crippen LogP contribution in [0.3, 0.4) is 0 Å². The fourth-order valence-corrected chi connectivity index (χ4v) is 3.01. The van der Waals surface area contributed by atoms with Crippen LogP contribution in [-0.2, 0) is 17.1 Å². The van der Waals surface area contributed by atoms with Crippen LogP contribution >= 0.6 is 0 Å². The molecule has 0 bridgehead atoms. The Labute approximate surface area is 141 Å². The van der Waals surface area contributed by atoms with Crippen molar-refractivity contribution in [3.8, 4) is 0 Å². The molecule has 25 heavy (non-hydrogen) atoms. The lowest BCUT2D eigenvalue weighted by Gasteiger charge is -2.07. The fourth-order valence-electron chi connectivity index (χ4n) is 2.50. The van der Waals surface area contributed by atoms with Crippen LogP contribution in [-0.4, -0.2) is 18.9 Å². The third kappa shape index (κ3) is 3.24. The van der Waals surface area contributed by atoms with Crippen LogP contribution in [0.1, 0.15) is 10.5 Å². The minimum Gasteiger partial charge on any atom is -0.339 e. The first-order chi connectivity index (χ1) is 11.7. The van der Waals surface area contributed by atoms with Gasteiger partial charge in [0, 0.05) is 24.2 Å². The third-order valence-corrected chi connectivity index (χ3v) is 4.68. The average molecular weight is 365 g/mol. The van der Waals surface area contributed by atoms with Crippen LogP contribution in [0.25, 0.3) is 10.9 Å². The number of aryl methyl sites for hydroxylation is 1. The van der Waals surface area contributed by atoms with E-state index in [2.05, 4.69) is 5.32 Å². The molecule has 0 radical (unpaired) electrons. The number of nitrogens with two attached hydrogens (primary N) is 1. The van der Waals surface area contributed by atoms with Gasteiger partial charge in [-0.15, -0.1) is 0 Å². The second-order valence-electron chi connectivity index (χ2n) is 5.43. The summed E-state index contributed by atoms with van der Waals surface area (Å²) in [5.74, 6) is -2.05. The number of halogens is 2. The Bertz CT molecular complexity index is 1090. The van der Waals surface area contributed by atoms with Crippen molar-refractivity contribution in [1.29, 1.82) is 0 Å². The number of primary sulfonamides is 1. The summed E-state index contributed by atoms with van der Waals surface area (Å²) in [7, 11) is -2.31. The van der Waals surface area contributed by atoms with E-state index in [-0.39, 0.29) is 21.5 Å². The van der Waals surface area contributed by atoms with Crippen LogP contribution in [0.5, 0.6) is 0 Å². The zero-order valence-corrected chi connectivity index (χ0v) is 13.8. The first-order valence-corrected chi connectivity index (χ1v) is 8.60. The first-order valence-electron chi connectivity index (χ1n) is 7.05. The van der Waals surface area contributed by atoms with E-state index >= 15 is 0 Å². The quantitative estimate of drug-likeness (QED) is 0.746. The standard InChI is InChI=1S/C16H13F2N3O3S/c1-21-14-7-9(17)6-13(18)12(14)8-15(21)16(22)20-10-2-4-11(5-3-10)25(19,23)24/h2-8H,1H3,(H,20,22)(H2,19,23,24). The van der Waals surface area contributed by atoms with E-state index in [1.807, 2.05) is 0 Å². The number of hydrogen-bond acceptors (Lipinski definition) is 3.